The van der Waals surface area contributed by atoms with Crippen LogP contribution in [0.3, 0.4) is 0 Å². The third-order valence-corrected chi connectivity index (χ3v) is 4.46. The molecule has 102 valence electrons. The van der Waals surface area contributed by atoms with Gasteiger partial charge in [-0.2, -0.15) is 0 Å². The van der Waals surface area contributed by atoms with Crippen LogP contribution in [0.4, 0.5) is 0 Å². The van der Waals surface area contributed by atoms with Crippen LogP contribution in [0.1, 0.15) is 32.3 Å². The second kappa shape index (κ2) is 6.31. The van der Waals surface area contributed by atoms with Crippen molar-refractivity contribution in [2.45, 2.75) is 32.2 Å². The molecular weight excluding hydrogens is 250 g/mol. The van der Waals surface area contributed by atoms with Crippen LogP contribution >= 0.6 is 0 Å². The zero-order valence-electron chi connectivity index (χ0n) is 10.9. The SMILES string of the molecule is CCCCS(=O)(=O)NC(C)(CO)c1ccccc1. The Morgan fingerprint density at radius 3 is 2.39 bits per heavy atom. The van der Waals surface area contributed by atoms with Crippen LogP contribution in [-0.4, -0.2) is 25.9 Å². The maximum atomic E-state index is 11.9. The van der Waals surface area contributed by atoms with Crippen LogP contribution in [0.2, 0.25) is 0 Å². The molecule has 0 bridgehead atoms. The van der Waals surface area contributed by atoms with Crippen molar-refractivity contribution < 1.29 is 13.5 Å². The zero-order chi connectivity index (χ0) is 13.6. The van der Waals surface area contributed by atoms with E-state index < -0.39 is 15.6 Å². The average molecular weight is 271 g/mol. The maximum Gasteiger partial charge on any atom is 0.212 e. The average Bonchev–Trinajstić information content (AvgIpc) is 2.37. The van der Waals surface area contributed by atoms with Crippen molar-refractivity contribution >= 4 is 10.0 Å². The lowest BCUT2D eigenvalue weighted by Crippen LogP contribution is -2.47. The first-order valence-electron chi connectivity index (χ1n) is 6.11. The molecular formula is C13H21NO3S. The fourth-order valence-electron chi connectivity index (χ4n) is 1.72. The highest BCUT2D eigenvalue weighted by Gasteiger charge is 2.30. The van der Waals surface area contributed by atoms with Crippen molar-refractivity contribution in [3.8, 4) is 0 Å². The summed E-state index contributed by atoms with van der Waals surface area (Å²) in [6.45, 7) is 3.35. The largest absolute Gasteiger partial charge is 0.394 e. The molecule has 1 unspecified atom stereocenters. The Balaban J connectivity index is 2.90. The highest BCUT2D eigenvalue weighted by Crippen LogP contribution is 2.21. The second-order valence-electron chi connectivity index (χ2n) is 4.63. The predicted octanol–water partition coefficient (Wildman–Crippen LogP) is 1.61. The first kappa shape index (κ1) is 15.1. The van der Waals surface area contributed by atoms with Crippen molar-refractivity contribution in [2.24, 2.45) is 0 Å². The second-order valence-corrected chi connectivity index (χ2v) is 6.47. The minimum atomic E-state index is -3.37. The first-order chi connectivity index (χ1) is 8.43. The summed E-state index contributed by atoms with van der Waals surface area (Å²) in [6.07, 6.45) is 1.44. The van der Waals surface area contributed by atoms with Gasteiger partial charge < -0.3 is 5.11 Å². The molecule has 1 aromatic rings. The topological polar surface area (TPSA) is 66.4 Å². The lowest BCUT2D eigenvalue weighted by molar-refractivity contribution is 0.196. The standard InChI is InChI=1S/C13H21NO3S/c1-3-4-10-18(16,17)14-13(2,11-15)12-8-6-5-7-9-12/h5-9,14-15H,3-4,10-11H2,1-2H3. The van der Waals surface area contributed by atoms with Crippen LogP contribution < -0.4 is 4.72 Å². The van der Waals surface area contributed by atoms with Gasteiger partial charge in [-0.05, 0) is 18.9 Å². The van der Waals surface area contributed by atoms with E-state index in [2.05, 4.69) is 4.72 Å². The minimum Gasteiger partial charge on any atom is -0.394 e. The third kappa shape index (κ3) is 4.08. The Morgan fingerprint density at radius 2 is 1.89 bits per heavy atom. The zero-order valence-corrected chi connectivity index (χ0v) is 11.7. The smallest absolute Gasteiger partial charge is 0.212 e. The van der Waals surface area contributed by atoms with E-state index in [1.807, 2.05) is 25.1 Å². The highest BCUT2D eigenvalue weighted by atomic mass is 32.2. The molecule has 18 heavy (non-hydrogen) atoms. The number of aliphatic hydroxyl groups excluding tert-OH is 1. The lowest BCUT2D eigenvalue weighted by atomic mass is 9.94. The molecule has 0 amide bonds. The van der Waals surface area contributed by atoms with Gasteiger partial charge in [-0.15, -0.1) is 0 Å². The van der Waals surface area contributed by atoms with E-state index in [0.717, 1.165) is 12.0 Å². The summed E-state index contributed by atoms with van der Waals surface area (Å²) >= 11 is 0. The molecule has 0 heterocycles. The molecule has 5 heteroatoms. The summed E-state index contributed by atoms with van der Waals surface area (Å²) in [7, 11) is -3.37. The molecule has 0 saturated carbocycles. The number of hydrogen-bond acceptors (Lipinski definition) is 3. The summed E-state index contributed by atoms with van der Waals surface area (Å²) in [5, 5.41) is 9.50. The molecule has 0 aliphatic carbocycles. The van der Waals surface area contributed by atoms with E-state index >= 15 is 0 Å². The van der Waals surface area contributed by atoms with Crippen molar-refractivity contribution in [2.75, 3.05) is 12.4 Å². The van der Waals surface area contributed by atoms with Gasteiger partial charge in [0.15, 0.2) is 0 Å². The van der Waals surface area contributed by atoms with Crippen LogP contribution in [-0.2, 0) is 15.6 Å². The van der Waals surface area contributed by atoms with E-state index in [9.17, 15) is 13.5 Å². The van der Waals surface area contributed by atoms with E-state index in [0.29, 0.717) is 6.42 Å². The maximum absolute atomic E-state index is 11.9. The number of aliphatic hydroxyl groups is 1. The van der Waals surface area contributed by atoms with Gasteiger partial charge >= 0.3 is 0 Å². The number of sulfonamides is 1. The van der Waals surface area contributed by atoms with Gasteiger partial charge in [0.25, 0.3) is 0 Å². The molecule has 1 atom stereocenters. The number of nitrogens with one attached hydrogen (secondary N) is 1. The monoisotopic (exact) mass is 271 g/mol. The van der Waals surface area contributed by atoms with Crippen molar-refractivity contribution in [3.63, 3.8) is 0 Å². The van der Waals surface area contributed by atoms with E-state index in [1.54, 1.807) is 19.1 Å². The van der Waals surface area contributed by atoms with Gasteiger partial charge in [0.05, 0.1) is 17.9 Å². The Labute approximate surface area is 109 Å². The van der Waals surface area contributed by atoms with Crippen molar-refractivity contribution in [3.05, 3.63) is 35.9 Å². The Morgan fingerprint density at radius 1 is 1.28 bits per heavy atom. The van der Waals surface area contributed by atoms with Crippen molar-refractivity contribution in [1.82, 2.24) is 4.72 Å². The van der Waals surface area contributed by atoms with Gasteiger partial charge in [-0.25, -0.2) is 13.1 Å². The molecule has 0 aromatic heterocycles. The first-order valence-corrected chi connectivity index (χ1v) is 7.77. The van der Waals surface area contributed by atoms with Crippen LogP contribution in [0.25, 0.3) is 0 Å². The molecule has 1 aromatic carbocycles. The number of hydrogen-bond donors (Lipinski definition) is 2. The Bertz CT molecular complexity index is 458. The quantitative estimate of drug-likeness (QED) is 0.792. The summed E-state index contributed by atoms with van der Waals surface area (Å²) in [5.41, 5.74) is -0.207. The normalized spacial score (nSPS) is 15.3. The van der Waals surface area contributed by atoms with Gasteiger partial charge in [0.1, 0.15) is 0 Å². The molecule has 0 spiro atoms. The molecule has 2 N–H and O–H groups in total. The molecule has 0 radical (unpaired) electrons. The van der Waals surface area contributed by atoms with Gasteiger partial charge in [-0.1, -0.05) is 43.7 Å². The number of unbranched alkanes of at least 4 members (excludes halogenated alkanes) is 1. The Kier molecular flexibility index (Phi) is 5.31. The van der Waals surface area contributed by atoms with Crippen LogP contribution in [0.15, 0.2) is 30.3 Å². The molecule has 0 saturated heterocycles. The summed E-state index contributed by atoms with van der Waals surface area (Å²) in [6, 6.07) is 9.11. The summed E-state index contributed by atoms with van der Waals surface area (Å²) in [4.78, 5) is 0. The highest BCUT2D eigenvalue weighted by molar-refractivity contribution is 7.89. The van der Waals surface area contributed by atoms with E-state index in [1.165, 1.54) is 0 Å². The molecule has 0 fully saturated rings. The third-order valence-electron chi connectivity index (χ3n) is 2.87. The predicted molar refractivity (Wildman–Crippen MR) is 72.7 cm³/mol. The lowest BCUT2D eigenvalue weighted by Gasteiger charge is -2.29. The van der Waals surface area contributed by atoms with Crippen LogP contribution in [0, 0.1) is 0 Å². The van der Waals surface area contributed by atoms with Crippen LogP contribution in [0.5, 0.6) is 0 Å². The number of rotatable bonds is 7. The molecule has 4 nitrogen and oxygen atoms in total. The Hall–Kier alpha value is -0.910. The molecule has 0 aliphatic rings. The molecule has 1 rings (SSSR count). The fraction of sp³-hybridized carbons (Fsp3) is 0.538. The van der Waals surface area contributed by atoms with Crippen molar-refractivity contribution in [1.29, 1.82) is 0 Å². The molecule has 0 aliphatic heterocycles. The minimum absolute atomic E-state index is 0.0892. The van der Waals surface area contributed by atoms with E-state index in [4.69, 9.17) is 0 Å². The van der Waals surface area contributed by atoms with E-state index in [-0.39, 0.29) is 12.4 Å². The van der Waals surface area contributed by atoms with Gasteiger partial charge in [0.2, 0.25) is 10.0 Å². The van der Waals surface area contributed by atoms with Gasteiger partial charge in [-0.3, -0.25) is 0 Å². The summed E-state index contributed by atoms with van der Waals surface area (Å²) < 4.78 is 26.4. The fourth-order valence-corrected chi connectivity index (χ4v) is 3.36. The summed E-state index contributed by atoms with van der Waals surface area (Å²) in [5.74, 6) is 0.0892. The van der Waals surface area contributed by atoms with Gasteiger partial charge in [0, 0.05) is 0 Å². The number of benzene rings is 1.